The van der Waals surface area contributed by atoms with E-state index >= 15 is 0 Å². The van der Waals surface area contributed by atoms with E-state index in [1.165, 1.54) is 0 Å². The lowest BCUT2D eigenvalue weighted by Gasteiger charge is -2.10. The van der Waals surface area contributed by atoms with Crippen LogP contribution in [0.5, 0.6) is 0 Å². The largest absolute Gasteiger partial charge is 0.398 e. The second-order valence-electron chi connectivity index (χ2n) is 5.18. The van der Waals surface area contributed by atoms with Crippen LogP contribution >= 0.6 is 11.8 Å². The normalized spacial score (nSPS) is 11.0. The first-order chi connectivity index (χ1) is 11.8. The van der Waals surface area contributed by atoms with Gasteiger partial charge in [0.15, 0.2) is 11.5 Å². The topological polar surface area (TPSA) is 96.9 Å². The van der Waals surface area contributed by atoms with Crippen molar-refractivity contribution in [2.75, 3.05) is 17.3 Å². The lowest BCUT2D eigenvalue weighted by atomic mass is 10.3. The van der Waals surface area contributed by atoms with Crippen LogP contribution in [0.3, 0.4) is 0 Å². The van der Waals surface area contributed by atoms with Crippen molar-refractivity contribution in [3.8, 4) is 11.3 Å². The highest BCUT2D eigenvalue weighted by Gasteiger charge is 2.11. The Morgan fingerprint density at radius 1 is 1.25 bits per heavy atom. The Kier molecular flexibility index (Phi) is 3.58. The zero-order chi connectivity index (χ0) is 16.5. The monoisotopic (exact) mass is 337 g/mol. The van der Waals surface area contributed by atoms with Gasteiger partial charge in [0, 0.05) is 40.4 Å². The van der Waals surface area contributed by atoms with E-state index in [-0.39, 0.29) is 0 Å². The maximum absolute atomic E-state index is 5.95. The van der Waals surface area contributed by atoms with Gasteiger partial charge in [0.1, 0.15) is 0 Å². The van der Waals surface area contributed by atoms with Gasteiger partial charge in [-0.05, 0) is 24.5 Å². The molecule has 0 radical (unpaired) electrons. The van der Waals surface area contributed by atoms with Crippen LogP contribution in [0.25, 0.3) is 16.9 Å². The number of H-pyrrole nitrogens is 1. The van der Waals surface area contributed by atoms with E-state index in [4.69, 9.17) is 5.73 Å². The van der Waals surface area contributed by atoms with E-state index in [0.717, 1.165) is 33.2 Å². The van der Waals surface area contributed by atoms with Gasteiger partial charge >= 0.3 is 0 Å². The van der Waals surface area contributed by atoms with Gasteiger partial charge in [-0.15, -0.1) is 11.8 Å². The first kappa shape index (κ1) is 14.6. The summed E-state index contributed by atoms with van der Waals surface area (Å²) in [6.45, 7) is 0. The third-order valence-corrected chi connectivity index (χ3v) is 4.51. The molecule has 1 aromatic carbocycles. The molecular weight excluding hydrogens is 322 g/mol. The molecule has 4 aromatic rings. The lowest BCUT2D eigenvalue weighted by Crippen LogP contribution is -1.99. The van der Waals surface area contributed by atoms with Gasteiger partial charge in [0.05, 0.1) is 18.1 Å². The highest BCUT2D eigenvalue weighted by molar-refractivity contribution is 7.98. The standard InChI is InChI=1S/C16H15N7S/c1-24-14-6-11(2-3-12(14)17)22-15-16-19-9-13(10-7-20-21-8-10)23(16)5-4-18-15/h2-9H,17H2,1H3,(H,18,22)(H,20,21). The van der Waals surface area contributed by atoms with Gasteiger partial charge in [-0.25, -0.2) is 9.97 Å². The summed E-state index contributed by atoms with van der Waals surface area (Å²) in [6.07, 6.45) is 11.0. The Balaban J connectivity index is 1.75. The number of nitrogens with one attached hydrogen (secondary N) is 2. The SMILES string of the molecule is CSc1cc(Nc2nccn3c(-c4cn[nH]c4)cnc23)ccc1N. The number of nitrogens with zero attached hydrogens (tertiary/aromatic N) is 4. The van der Waals surface area contributed by atoms with E-state index < -0.39 is 0 Å². The molecule has 0 saturated carbocycles. The molecule has 4 rings (SSSR count). The number of thioether (sulfide) groups is 1. The van der Waals surface area contributed by atoms with Crippen molar-refractivity contribution in [3.63, 3.8) is 0 Å². The summed E-state index contributed by atoms with van der Waals surface area (Å²) >= 11 is 1.61. The first-order valence-corrected chi connectivity index (χ1v) is 8.50. The van der Waals surface area contributed by atoms with Crippen molar-refractivity contribution < 1.29 is 0 Å². The number of benzene rings is 1. The molecular formula is C16H15N7S. The summed E-state index contributed by atoms with van der Waals surface area (Å²) in [4.78, 5) is 9.94. The third kappa shape index (κ3) is 2.46. The molecule has 0 aliphatic heterocycles. The van der Waals surface area contributed by atoms with Crippen LogP contribution in [0.1, 0.15) is 0 Å². The molecule has 0 saturated heterocycles. The van der Waals surface area contributed by atoms with E-state index in [2.05, 4.69) is 25.5 Å². The van der Waals surface area contributed by atoms with Crippen LogP contribution in [0, 0.1) is 0 Å². The Labute approximate surface area is 142 Å². The molecule has 0 fully saturated rings. The molecule has 7 nitrogen and oxygen atoms in total. The summed E-state index contributed by atoms with van der Waals surface area (Å²) in [5.41, 5.74) is 10.3. The summed E-state index contributed by atoms with van der Waals surface area (Å²) < 4.78 is 1.98. The molecule has 4 N–H and O–H groups in total. The minimum absolute atomic E-state index is 0.684. The third-order valence-electron chi connectivity index (χ3n) is 3.72. The molecule has 0 unspecified atom stereocenters. The zero-order valence-electron chi connectivity index (χ0n) is 12.9. The molecule has 3 heterocycles. The van der Waals surface area contributed by atoms with Crippen molar-refractivity contribution in [1.82, 2.24) is 24.6 Å². The number of aromatic amines is 1. The average molecular weight is 337 g/mol. The fourth-order valence-corrected chi connectivity index (χ4v) is 3.09. The molecule has 3 aromatic heterocycles. The molecule has 0 aliphatic carbocycles. The van der Waals surface area contributed by atoms with Crippen LogP contribution in [0.4, 0.5) is 17.2 Å². The fourth-order valence-electron chi connectivity index (χ4n) is 2.54. The van der Waals surface area contributed by atoms with Crippen molar-refractivity contribution in [3.05, 3.63) is 49.2 Å². The van der Waals surface area contributed by atoms with Gasteiger partial charge in [-0.2, -0.15) is 5.10 Å². The van der Waals surface area contributed by atoms with Crippen LogP contribution in [-0.4, -0.2) is 30.8 Å². The average Bonchev–Trinajstić information content (AvgIpc) is 3.25. The number of hydrogen-bond acceptors (Lipinski definition) is 6. The number of imidazole rings is 1. The molecule has 120 valence electrons. The Morgan fingerprint density at radius 2 is 2.17 bits per heavy atom. The van der Waals surface area contributed by atoms with Gasteiger partial charge < -0.3 is 11.1 Å². The first-order valence-electron chi connectivity index (χ1n) is 7.28. The smallest absolute Gasteiger partial charge is 0.180 e. The van der Waals surface area contributed by atoms with E-state index in [9.17, 15) is 0 Å². The van der Waals surface area contributed by atoms with Crippen LogP contribution in [0.15, 0.2) is 54.1 Å². The van der Waals surface area contributed by atoms with Gasteiger partial charge in [-0.3, -0.25) is 9.50 Å². The van der Waals surface area contributed by atoms with E-state index in [1.807, 2.05) is 47.4 Å². The molecule has 0 amide bonds. The minimum atomic E-state index is 0.684. The van der Waals surface area contributed by atoms with Gasteiger partial charge in [0.2, 0.25) is 0 Å². The zero-order valence-corrected chi connectivity index (χ0v) is 13.7. The Bertz CT molecular complexity index is 991. The van der Waals surface area contributed by atoms with Gasteiger partial charge in [0.25, 0.3) is 0 Å². The summed E-state index contributed by atoms with van der Waals surface area (Å²) in [7, 11) is 0. The number of anilines is 3. The second kappa shape index (κ2) is 5.89. The predicted octanol–water partition coefficient (Wildman–Crippen LogP) is 3.17. The fraction of sp³-hybridized carbons (Fsp3) is 0.0625. The van der Waals surface area contributed by atoms with Crippen molar-refractivity contribution >= 4 is 34.6 Å². The number of nitrogen functional groups attached to an aromatic ring is 1. The number of aromatic nitrogens is 5. The summed E-state index contributed by atoms with van der Waals surface area (Å²) in [6, 6.07) is 5.82. The molecule has 8 heteroatoms. The molecule has 0 atom stereocenters. The maximum atomic E-state index is 5.95. The second-order valence-corrected chi connectivity index (χ2v) is 6.03. The van der Waals surface area contributed by atoms with Crippen LogP contribution < -0.4 is 11.1 Å². The predicted molar refractivity (Wildman–Crippen MR) is 96.5 cm³/mol. The van der Waals surface area contributed by atoms with Crippen molar-refractivity contribution in [2.24, 2.45) is 0 Å². The van der Waals surface area contributed by atoms with E-state index in [1.54, 1.807) is 24.2 Å². The van der Waals surface area contributed by atoms with Crippen molar-refractivity contribution in [1.29, 1.82) is 0 Å². The van der Waals surface area contributed by atoms with Crippen LogP contribution in [0.2, 0.25) is 0 Å². The lowest BCUT2D eigenvalue weighted by molar-refractivity contribution is 1.09. The highest BCUT2D eigenvalue weighted by Crippen LogP contribution is 2.29. The number of rotatable bonds is 4. The van der Waals surface area contributed by atoms with Crippen molar-refractivity contribution in [2.45, 2.75) is 4.90 Å². The molecule has 24 heavy (non-hydrogen) atoms. The quantitative estimate of drug-likeness (QED) is 0.391. The Hall–Kier alpha value is -3.00. The van der Waals surface area contributed by atoms with Gasteiger partial charge in [-0.1, -0.05) is 0 Å². The summed E-state index contributed by atoms with van der Waals surface area (Å²) in [5, 5.41) is 10.1. The highest BCUT2D eigenvalue weighted by atomic mass is 32.2. The van der Waals surface area contributed by atoms with E-state index in [0.29, 0.717) is 5.82 Å². The molecule has 0 aliphatic rings. The number of hydrogen-bond donors (Lipinski definition) is 3. The Morgan fingerprint density at radius 3 is 2.96 bits per heavy atom. The number of fused-ring (bicyclic) bond motifs is 1. The minimum Gasteiger partial charge on any atom is -0.398 e. The number of nitrogens with two attached hydrogens (primary N) is 1. The molecule has 0 spiro atoms. The maximum Gasteiger partial charge on any atom is 0.180 e. The molecule has 0 bridgehead atoms. The van der Waals surface area contributed by atoms with Crippen LogP contribution in [-0.2, 0) is 0 Å². The summed E-state index contributed by atoms with van der Waals surface area (Å²) in [5.74, 6) is 0.684.